The molecule has 134 valence electrons. The predicted octanol–water partition coefficient (Wildman–Crippen LogP) is 3.73. The molecule has 1 aromatic carbocycles. The molecule has 2 aliphatic rings. The van der Waals surface area contributed by atoms with Gasteiger partial charge < -0.3 is 10.1 Å². The first-order valence-corrected chi connectivity index (χ1v) is 9.63. The lowest BCUT2D eigenvalue weighted by molar-refractivity contribution is -0.146. The number of carbonyl (C=O) groups is 2. The van der Waals surface area contributed by atoms with Crippen molar-refractivity contribution >= 4 is 23.2 Å². The van der Waals surface area contributed by atoms with Crippen LogP contribution in [0.5, 0.6) is 0 Å². The summed E-state index contributed by atoms with van der Waals surface area (Å²) in [6.45, 7) is 5.07. The highest BCUT2D eigenvalue weighted by molar-refractivity contribution is 7.14. The Labute approximate surface area is 156 Å². The Morgan fingerprint density at radius 3 is 2.88 bits per heavy atom. The second-order valence-electron chi connectivity index (χ2n) is 7.19. The normalized spacial score (nSPS) is 24.4. The van der Waals surface area contributed by atoms with E-state index in [0.29, 0.717) is 30.9 Å². The van der Waals surface area contributed by atoms with Gasteiger partial charge in [-0.15, -0.1) is 11.3 Å². The standard InChI is InChI=1S/C21H21NO3S/c1-14-9-16-13-25-20(24)21(16,10-14)11-17-7-8-18(26-17)19(23)22-12-15-5-3-2-4-6-15/h2-8,16H,1,9-13H2,(H,22,23). The molecule has 1 aliphatic heterocycles. The number of benzene rings is 1. The van der Waals surface area contributed by atoms with E-state index in [1.165, 1.54) is 11.3 Å². The third kappa shape index (κ3) is 3.07. The van der Waals surface area contributed by atoms with Gasteiger partial charge in [-0.3, -0.25) is 9.59 Å². The number of cyclic esters (lactones) is 1. The molecule has 4 nitrogen and oxygen atoms in total. The van der Waals surface area contributed by atoms with Crippen LogP contribution in [-0.2, 0) is 22.5 Å². The molecule has 2 aromatic rings. The van der Waals surface area contributed by atoms with Gasteiger partial charge in [-0.25, -0.2) is 0 Å². The number of fused-ring (bicyclic) bond motifs is 1. The minimum atomic E-state index is -0.472. The molecule has 0 radical (unpaired) electrons. The van der Waals surface area contributed by atoms with Crippen LogP contribution in [-0.4, -0.2) is 18.5 Å². The molecular weight excluding hydrogens is 346 g/mol. The van der Waals surface area contributed by atoms with E-state index < -0.39 is 5.41 Å². The van der Waals surface area contributed by atoms with Gasteiger partial charge in [-0.2, -0.15) is 0 Å². The highest BCUT2D eigenvalue weighted by atomic mass is 32.1. The third-order valence-electron chi connectivity index (χ3n) is 5.38. The molecule has 1 N–H and O–H groups in total. The van der Waals surface area contributed by atoms with Gasteiger partial charge in [0.2, 0.25) is 0 Å². The smallest absolute Gasteiger partial charge is 0.313 e. The number of amides is 1. The van der Waals surface area contributed by atoms with Gasteiger partial charge in [0.1, 0.15) is 0 Å². The number of ether oxygens (including phenoxy) is 1. The summed E-state index contributed by atoms with van der Waals surface area (Å²) in [7, 11) is 0. The van der Waals surface area contributed by atoms with Crippen molar-refractivity contribution in [3.63, 3.8) is 0 Å². The summed E-state index contributed by atoms with van der Waals surface area (Å²) in [5.41, 5.74) is 1.72. The number of esters is 1. The van der Waals surface area contributed by atoms with Crippen molar-refractivity contribution in [1.82, 2.24) is 5.32 Å². The maximum atomic E-state index is 12.4. The number of hydrogen-bond donors (Lipinski definition) is 1. The van der Waals surface area contributed by atoms with Crippen molar-refractivity contribution in [2.24, 2.45) is 11.3 Å². The van der Waals surface area contributed by atoms with Crippen molar-refractivity contribution in [3.05, 3.63) is 69.9 Å². The van der Waals surface area contributed by atoms with Gasteiger partial charge in [0.05, 0.1) is 16.9 Å². The molecule has 1 aromatic heterocycles. The molecule has 26 heavy (non-hydrogen) atoms. The van der Waals surface area contributed by atoms with Gasteiger partial charge >= 0.3 is 5.97 Å². The maximum Gasteiger partial charge on any atom is 0.313 e. The second kappa shape index (κ2) is 6.72. The van der Waals surface area contributed by atoms with Gasteiger partial charge in [0.25, 0.3) is 5.91 Å². The van der Waals surface area contributed by atoms with Crippen LogP contribution in [0.25, 0.3) is 0 Å². The van der Waals surface area contributed by atoms with Crippen LogP contribution in [0.15, 0.2) is 54.6 Å². The van der Waals surface area contributed by atoms with E-state index in [2.05, 4.69) is 11.9 Å². The van der Waals surface area contributed by atoms with E-state index in [9.17, 15) is 9.59 Å². The lowest BCUT2D eigenvalue weighted by Gasteiger charge is -2.22. The summed E-state index contributed by atoms with van der Waals surface area (Å²) >= 11 is 1.46. The van der Waals surface area contributed by atoms with Crippen LogP contribution in [0.3, 0.4) is 0 Å². The zero-order chi connectivity index (χ0) is 18.1. The number of thiophene rings is 1. The number of carbonyl (C=O) groups excluding carboxylic acids is 2. The largest absolute Gasteiger partial charge is 0.465 e. The molecule has 4 rings (SSSR count). The summed E-state index contributed by atoms with van der Waals surface area (Å²) < 4.78 is 5.33. The summed E-state index contributed by atoms with van der Waals surface area (Å²) in [6, 6.07) is 13.6. The van der Waals surface area contributed by atoms with Crippen LogP contribution in [0.1, 0.15) is 33.0 Å². The zero-order valence-corrected chi connectivity index (χ0v) is 15.3. The fourth-order valence-electron chi connectivity index (χ4n) is 4.03. The Morgan fingerprint density at radius 1 is 1.27 bits per heavy atom. The topological polar surface area (TPSA) is 55.4 Å². The molecule has 1 aliphatic carbocycles. The van der Waals surface area contributed by atoms with Crippen molar-refractivity contribution in [3.8, 4) is 0 Å². The van der Waals surface area contributed by atoms with Crippen LogP contribution < -0.4 is 5.32 Å². The lowest BCUT2D eigenvalue weighted by Crippen LogP contribution is -2.31. The van der Waals surface area contributed by atoms with E-state index in [1.807, 2.05) is 42.5 Å². The molecule has 5 heteroatoms. The number of allylic oxidation sites excluding steroid dienone is 1. The van der Waals surface area contributed by atoms with Gasteiger partial charge in [-0.05, 0) is 37.0 Å². The maximum absolute atomic E-state index is 12.4. The number of hydrogen-bond acceptors (Lipinski definition) is 4. The molecular formula is C21H21NO3S. The van der Waals surface area contributed by atoms with Crippen molar-refractivity contribution in [1.29, 1.82) is 0 Å². The van der Waals surface area contributed by atoms with Crippen molar-refractivity contribution in [2.75, 3.05) is 6.61 Å². The van der Waals surface area contributed by atoms with Crippen molar-refractivity contribution < 1.29 is 14.3 Å². The second-order valence-corrected chi connectivity index (χ2v) is 8.36. The lowest BCUT2D eigenvalue weighted by atomic mass is 9.77. The Hall–Kier alpha value is -2.40. The molecule has 2 atom stereocenters. The van der Waals surface area contributed by atoms with Crippen LogP contribution in [0.2, 0.25) is 0 Å². The third-order valence-corrected chi connectivity index (χ3v) is 6.46. The van der Waals surface area contributed by atoms with Crippen molar-refractivity contribution in [2.45, 2.75) is 25.8 Å². The van der Waals surface area contributed by atoms with Gasteiger partial charge in [-0.1, -0.05) is 42.5 Å². The molecule has 2 heterocycles. The minimum absolute atomic E-state index is 0.0796. The first kappa shape index (κ1) is 17.0. The summed E-state index contributed by atoms with van der Waals surface area (Å²) in [5, 5.41) is 2.95. The first-order valence-electron chi connectivity index (χ1n) is 8.81. The molecule has 1 saturated carbocycles. The Kier molecular flexibility index (Phi) is 4.41. The van der Waals surface area contributed by atoms with E-state index >= 15 is 0 Å². The number of rotatable bonds is 5. The summed E-state index contributed by atoms with van der Waals surface area (Å²) in [6.07, 6.45) is 2.19. The highest BCUT2D eigenvalue weighted by Gasteiger charge is 2.56. The van der Waals surface area contributed by atoms with Crippen LogP contribution in [0.4, 0.5) is 0 Å². The molecule has 2 fully saturated rings. The van der Waals surface area contributed by atoms with E-state index in [-0.39, 0.29) is 17.8 Å². The zero-order valence-electron chi connectivity index (χ0n) is 14.5. The van der Waals surface area contributed by atoms with Gasteiger partial charge in [0.15, 0.2) is 0 Å². The molecule has 1 amide bonds. The molecule has 2 unspecified atom stereocenters. The molecule has 1 saturated heterocycles. The monoisotopic (exact) mass is 367 g/mol. The SMILES string of the molecule is C=C1CC2COC(=O)C2(Cc2ccc(C(=O)NCc3ccccc3)s2)C1. The average Bonchev–Trinajstić information content (AvgIpc) is 3.30. The Balaban J connectivity index is 1.44. The van der Waals surface area contributed by atoms with Crippen LogP contribution >= 0.6 is 11.3 Å². The Bertz CT molecular complexity index is 857. The predicted molar refractivity (Wildman–Crippen MR) is 101 cm³/mol. The van der Waals surface area contributed by atoms with E-state index in [0.717, 1.165) is 22.4 Å². The average molecular weight is 367 g/mol. The Morgan fingerprint density at radius 2 is 2.08 bits per heavy atom. The molecule has 0 bridgehead atoms. The summed E-state index contributed by atoms with van der Waals surface area (Å²) in [5.74, 6) is 0.0357. The van der Waals surface area contributed by atoms with Crippen LogP contribution in [0, 0.1) is 11.3 Å². The van der Waals surface area contributed by atoms with E-state index in [4.69, 9.17) is 4.74 Å². The highest BCUT2D eigenvalue weighted by Crippen LogP contribution is 2.52. The first-order chi connectivity index (χ1) is 12.6. The fourth-order valence-corrected chi connectivity index (χ4v) is 5.08. The minimum Gasteiger partial charge on any atom is -0.465 e. The summed E-state index contributed by atoms with van der Waals surface area (Å²) in [4.78, 5) is 26.5. The van der Waals surface area contributed by atoms with E-state index in [1.54, 1.807) is 0 Å². The van der Waals surface area contributed by atoms with Gasteiger partial charge in [0, 0.05) is 17.3 Å². The quantitative estimate of drug-likeness (QED) is 0.647. The fraction of sp³-hybridized carbons (Fsp3) is 0.333. The molecule has 0 spiro atoms. The number of nitrogens with one attached hydrogen (secondary N) is 1.